The lowest BCUT2D eigenvalue weighted by Crippen LogP contribution is -2.01. The van der Waals surface area contributed by atoms with Crippen molar-refractivity contribution in [3.05, 3.63) is 279 Å². The first-order chi connectivity index (χ1) is 39.7. The highest BCUT2D eigenvalue weighted by Crippen LogP contribution is 2.43. The van der Waals surface area contributed by atoms with Gasteiger partial charge < -0.3 is 9.13 Å². The molecule has 0 saturated carbocycles. The van der Waals surface area contributed by atoms with Crippen LogP contribution in [-0.2, 0) is 0 Å². The average molecular weight is 1020 g/mol. The van der Waals surface area contributed by atoms with Gasteiger partial charge in [-0.05, 0) is 96.1 Å². The molecule has 0 N–H and O–H groups in total. The number of imidazole rings is 2. The van der Waals surface area contributed by atoms with Gasteiger partial charge in [0.1, 0.15) is 0 Å². The molecule has 0 radical (unpaired) electrons. The molecule has 0 amide bonds. The summed E-state index contributed by atoms with van der Waals surface area (Å²) in [6.45, 7) is 0. The molecular formula is C72H46N8. The van der Waals surface area contributed by atoms with Crippen molar-refractivity contribution in [1.29, 1.82) is 0 Å². The second-order valence-corrected chi connectivity index (χ2v) is 20.3. The van der Waals surface area contributed by atoms with E-state index in [1.165, 1.54) is 21.7 Å². The van der Waals surface area contributed by atoms with E-state index in [1.54, 1.807) is 0 Å². The predicted molar refractivity (Wildman–Crippen MR) is 327 cm³/mol. The lowest BCUT2D eigenvalue weighted by molar-refractivity contribution is 1.07. The molecule has 16 rings (SSSR count). The van der Waals surface area contributed by atoms with Crippen LogP contribution in [0.2, 0.25) is 0 Å². The zero-order valence-electron chi connectivity index (χ0n) is 43.1. The van der Waals surface area contributed by atoms with E-state index in [0.29, 0.717) is 17.5 Å². The lowest BCUT2D eigenvalue weighted by atomic mass is 10.0. The van der Waals surface area contributed by atoms with Gasteiger partial charge in [-0.15, -0.1) is 0 Å². The Hall–Kier alpha value is -11.0. The van der Waals surface area contributed by atoms with Gasteiger partial charge in [-0.3, -0.25) is 8.97 Å². The maximum absolute atomic E-state index is 5.76. The van der Waals surface area contributed by atoms with E-state index in [9.17, 15) is 0 Å². The summed E-state index contributed by atoms with van der Waals surface area (Å²) in [6.07, 6.45) is 0. The topological polar surface area (TPSA) is 70.8 Å². The molecule has 8 heteroatoms. The van der Waals surface area contributed by atoms with Gasteiger partial charge >= 0.3 is 0 Å². The molecule has 16 aromatic rings. The van der Waals surface area contributed by atoms with Crippen molar-refractivity contribution < 1.29 is 0 Å². The minimum Gasteiger partial charge on any atom is -0.309 e. The van der Waals surface area contributed by atoms with Crippen molar-refractivity contribution in [2.45, 2.75) is 0 Å². The van der Waals surface area contributed by atoms with Crippen molar-refractivity contribution >= 4 is 60.4 Å². The monoisotopic (exact) mass is 1020 g/mol. The highest BCUT2D eigenvalue weighted by molar-refractivity contribution is 6.12. The molecule has 0 spiro atoms. The van der Waals surface area contributed by atoms with Crippen LogP contribution >= 0.6 is 0 Å². The second-order valence-electron chi connectivity index (χ2n) is 20.3. The number of para-hydroxylation sites is 4. The summed E-state index contributed by atoms with van der Waals surface area (Å²) in [5.74, 6) is 2.58. The number of nitrogens with zero attached hydrogens (tertiary/aromatic N) is 8. The fraction of sp³-hybridized carbons (Fsp3) is 0. The molecule has 0 unspecified atom stereocenters. The third kappa shape index (κ3) is 7.31. The Morgan fingerprint density at radius 2 is 0.637 bits per heavy atom. The highest BCUT2D eigenvalue weighted by atomic mass is 15.2. The van der Waals surface area contributed by atoms with E-state index in [-0.39, 0.29) is 0 Å². The number of aromatic nitrogens is 8. The van der Waals surface area contributed by atoms with E-state index in [1.807, 2.05) is 60.7 Å². The van der Waals surface area contributed by atoms with Crippen LogP contribution in [0.1, 0.15) is 0 Å². The Labute approximate surface area is 460 Å². The minimum absolute atomic E-state index is 0.579. The maximum atomic E-state index is 5.76. The lowest BCUT2D eigenvalue weighted by Gasteiger charge is -2.11. The Bertz CT molecular complexity index is 4980. The van der Waals surface area contributed by atoms with E-state index in [0.717, 1.165) is 106 Å². The van der Waals surface area contributed by atoms with Crippen LogP contribution in [0.5, 0.6) is 0 Å². The molecule has 0 fully saturated rings. The standard InChI is InChI=1S/C72H46N8/c1-6-21-47(22-7-1)67-68(52-39-41-64-60(45-52)58-34-17-19-36-62(58)78(64)55-30-14-5-15-31-55)80-66-46-51(50-37-40-63-59(44-50)57-33-16-18-35-61(57)77(63)54-28-12-4-13-29-54)38-42-65(66)79(72(80)73-67)56-32-20-27-53(43-56)71-75-69(48-23-8-2-9-24-48)74-70(76-71)49-25-10-3-11-26-49/h1-46H. The van der Waals surface area contributed by atoms with Crippen LogP contribution in [0, 0.1) is 0 Å². The number of rotatable bonds is 9. The molecule has 11 aromatic carbocycles. The first-order valence-corrected chi connectivity index (χ1v) is 27.0. The number of fused-ring (bicyclic) bond motifs is 9. The van der Waals surface area contributed by atoms with Crippen LogP contribution in [0.25, 0.3) is 145 Å². The summed E-state index contributed by atoms with van der Waals surface area (Å²) in [5.41, 5.74) is 18.7. The molecule has 8 nitrogen and oxygen atoms in total. The Balaban J connectivity index is 0.957. The second kappa shape index (κ2) is 18.4. The summed E-state index contributed by atoms with van der Waals surface area (Å²) in [6, 6.07) is 98.8. The molecule has 0 bridgehead atoms. The SMILES string of the molecule is c1ccc(-c2nc(-c3ccccc3)nc(-c3cccc(-n4c5ccc(-c6ccc7c(c6)c6ccccc6n7-c6ccccc6)cc5n5c(-c6ccc7c(c6)c6ccccc6n7-c6ccccc6)c(-c6ccccc6)nc45)c3)n2)cc1. The third-order valence-electron chi connectivity index (χ3n) is 15.6. The maximum Gasteiger partial charge on any atom is 0.220 e. The molecule has 0 aliphatic carbocycles. The van der Waals surface area contributed by atoms with Crippen molar-refractivity contribution in [3.8, 4) is 84.9 Å². The summed E-state index contributed by atoms with van der Waals surface area (Å²) in [5, 5.41) is 4.76. The zero-order chi connectivity index (χ0) is 52.7. The average Bonchev–Trinajstić information content (AvgIpc) is 4.20. The molecule has 0 saturated heterocycles. The third-order valence-corrected chi connectivity index (χ3v) is 15.6. The summed E-state index contributed by atoms with van der Waals surface area (Å²) < 4.78 is 9.42. The number of hydrogen-bond acceptors (Lipinski definition) is 4. The fourth-order valence-corrected chi connectivity index (χ4v) is 12.0. The molecule has 374 valence electrons. The van der Waals surface area contributed by atoms with Crippen molar-refractivity contribution in [3.63, 3.8) is 0 Å². The largest absolute Gasteiger partial charge is 0.309 e. The number of benzene rings is 11. The van der Waals surface area contributed by atoms with Gasteiger partial charge in [-0.2, -0.15) is 0 Å². The highest BCUT2D eigenvalue weighted by Gasteiger charge is 2.26. The van der Waals surface area contributed by atoms with Gasteiger partial charge in [-0.1, -0.05) is 194 Å². The van der Waals surface area contributed by atoms with Crippen LogP contribution in [-0.4, -0.2) is 38.0 Å². The minimum atomic E-state index is 0.579. The van der Waals surface area contributed by atoms with E-state index in [2.05, 4.69) is 236 Å². The van der Waals surface area contributed by atoms with Gasteiger partial charge in [0.2, 0.25) is 5.78 Å². The fourth-order valence-electron chi connectivity index (χ4n) is 12.0. The van der Waals surface area contributed by atoms with Gasteiger partial charge in [0.15, 0.2) is 17.5 Å². The Morgan fingerprint density at radius 3 is 1.20 bits per heavy atom. The van der Waals surface area contributed by atoms with Crippen LogP contribution in [0.3, 0.4) is 0 Å². The smallest absolute Gasteiger partial charge is 0.220 e. The summed E-state index contributed by atoms with van der Waals surface area (Å²) >= 11 is 0. The summed E-state index contributed by atoms with van der Waals surface area (Å²) in [4.78, 5) is 21.1. The molecule has 0 atom stereocenters. The van der Waals surface area contributed by atoms with Gasteiger partial charge in [-0.25, -0.2) is 19.9 Å². The van der Waals surface area contributed by atoms with Gasteiger partial charge in [0.05, 0.1) is 44.5 Å². The normalized spacial score (nSPS) is 11.8. The quantitative estimate of drug-likeness (QED) is 0.144. The summed E-state index contributed by atoms with van der Waals surface area (Å²) in [7, 11) is 0. The van der Waals surface area contributed by atoms with E-state index >= 15 is 0 Å². The molecule has 0 aliphatic heterocycles. The molecule has 5 aromatic heterocycles. The predicted octanol–water partition coefficient (Wildman–Crippen LogP) is 17.7. The molecule has 80 heavy (non-hydrogen) atoms. The van der Waals surface area contributed by atoms with Crippen LogP contribution < -0.4 is 0 Å². The van der Waals surface area contributed by atoms with Crippen molar-refractivity contribution in [2.75, 3.05) is 0 Å². The molecule has 0 aliphatic rings. The first kappa shape index (κ1) is 45.3. The Morgan fingerprint density at radius 1 is 0.225 bits per heavy atom. The zero-order valence-corrected chi connectivity index (χ0v) is 43.1. The first-order valence-electron chi connectivity index (χ1n) is 27.0. The molecule has 5 heterocycles. The van der Waals surface area contributed by atoms with Crippen LogP contribution in [0.4, 0.5) is 0 Å². The van der Waals surface area contributed by atoms with E-state index < -0.39 is 0 Å². The van der Waals surface area contributed by atoms with E-state index in [4.69, 9.17) is 19.9 Å². The van der Waals surface area contributed by atoms with Crippen molar-refractivity contribution in [1.82, 2.24) is 38.0 Å². The molecular weight excluding hydrogens is 977 g/mol. The Kier molecular flexibility index (Phi) is 10.4. The number of hydrogen-bond donors (Lipinski definition) is 0. The van der Waals surface area contributed by atoms with Crippen molar-refractivity contribution in [2.24, 2.45) is 0 Å². The van der Waals surface area contributed by atoms with Gasteiger partial charge in [0, 0.05) is 66.4 Å². The van der Waals surface area contributed by atoms with Gasteiger partial charge in [0.25, 0.3) is 0 Å². The van der Waals surface area contributed by atoms with Crippen LogP contribution in [0.15, 0.2) is 279 Å².